The first-order valence-electron chi connectivity index (χ1n) is 8.31. The molecule has 1 aliphatic heterocycles. The van der Waals surface area contributed by atoms with E-state index < -0.39 is 47.9 Å². The van der Waals surface area contributed by atoms with E-state index in [0.29, 0.717) is 12.8 Å². The summed E-state index contributed by atoms with van der Waals surface area (Å²) in [6, 6.07) is 0. The Hall–Kier alpha value is -1.71. The van der Waals surface area contributed by atoms with Crippen LogP contribution in [0.3, 0.4) is 0 Å². The Morgan fingerprint density at radius 2 is 1.76 bits per heavy atom. The van der Waals surface area contributed by atoms with Crippen molar-refractivity contribution in [1.29, 1.82) is 0 Å². The van der Waals surface area contributed by atoms with Crippen LogP contribution in [0, 0.1) is 0 Å². The Labute approximate surface area is 146 Å². The van der Waals surface area contributed by atoms with Crippen molar-refractivity contribution >= 4 is 17.9 Å². The van der Waals surface area contributed by atoms with Crippen LogP contribution in [0.25, 0.3) is 0 Å². The second-order valence-electron chi connectivity index (χ2n) is 5.84. The zero-order valence-corrected chi connectivity index (χ0v) is 15.3. The number of carbonyl (C=O) groups is 3. The fraction of sp³-hybridized carbons (Fsp3) is 0.812. The summed E-state index contributed by atoms with van der Waals surface area (Å²) in [6.07, 6.45) is -1.74. The fourth-order valence-electron chi connectivity index (χ4n) is 3.08. The number of hydrogen-bond acceptors (Lipinski definition) is 9. The minimum Gasteiger partial charge on any atom is -0.464 e. The van der Waals surface area contributed by atoms with Gasteiger partial charge in [-0.15, -0.1) is 0 Å². The molecule has 0 radical (unpaired) electrons. The molecular weight excluding hydrogens is 334 g/mol. The van der Waals surface area contributed by atoms with Crippen LogP contribution < -0.4 is 5.48 Å². The first-order chi connectivity index (χ1) is 11.7. The van der Waals surface area contributed by atoms with Crippen molar-refractivity contribution in [2.75, 3.05) is 13.2 Å². The highest BCUT2D eigenvalue weighted by Gasteiger charge is 2.69. The van der Waals surface area contributed by atoms with Crippen molar-refractivity contribution in [1.82, 2.24) is 5.48 Å². The van der Waals surface area contributed by atoms with E-state index in [-0.39, 0.29) is 6.61 Å². The topological polar surface area (TPSA) is 120 Å². The van der Waals surface area contributed by atoms with E-state index in [1.165, 1.54) is 6.92 Å². The van der Waals surface area contributed by atoms with Crippen LogP contribution in [0.1, 0.15) is 47.5 Å². The van der Waals surface area contributed by atoms with Gasteiger partial charge in [0.2, 0.25) is 5.54 Å². The third-order valence-corrected chi connectivity index (χ3v) is 4.39. The number of hydroxylamine groups is 1. The van der Waals surface area contributed by atoms with Crippen molar-refractivity contribution in [2.45, 2.75) is 70.8 Å². The van der Waals surface area contributed by atoms with E-state index in [1.54, 1.807) is 6.92 Å². The van der Waals surface area contributed by atoms with E-state index >= 15 is 0 Å². The lowest BCUT2D eigenvalue weighted by Crippen LogP contribution is -2.68. The molecule has 0 spiro atoms. The molecular formula is C16H27NO8. The molecule has 0 bridgehead atoms. The second-order valence-corrected chi connectivity index (χ2v) is 5.84. The Bertz CT molecular complexity index is 504. The van der Waals surface area contributed by atoms with E-state index in [4.69, 9.17) is 19.0 Å². The van der Waals surface area contributed by atoms with Gasteiger partial charge in [-0.05, 0) is 19.8 Å². The minimum atomic E-state index is -1.88. The van der Waals surface area contributed by atoms with Gasteiger partial charge in [0.15, 0.2) is 12.2 Å². The lowest BCUT2D eigenvalue weighted by molar-refractivity contribution is -0.181. The summed E-state index contributed by atoms with van der Waals surface area (Å²) in [5.41, 5.74) is -0.360. The van der Waals surface area contributed by atoms with Gasteiger partial charge in [-0.1, -0.05) is 13.8 Å². The van der Waals surface area contributed by atoms with E-state index in [9.17, 15) is 19.5 Å². The van der Waals surface area contributed by atoms with E-state index in [2.05, 4.69) is 5.48 Å². The molecule has 144 valence electrons. The van der Waals surface area contributed by atoms with Gasteiger partial charge in [-0.3, -0.25) is 14.4 Å². The quantitative estimate of drug-likeness (QED) is 0.462. The largest absolute Gasteiger partial charge is 0.464 e. The molecule has 0 unspecified atom stereocenters. The lowest BCUT2D eigenvalue weighted by Gasteiger charge is -2.39. The normalized spacial score (nSPS) is 25.9. The minimum absolute atomic E-state index is 0.0402. The average molecular weight is 361 g/mol. The van der Waals surface area contributed by atoms with Crippen LogP contribution in [-0.2, 0) is 33.4 Å². The maximum Gasteiger partial charge on any atom is 0.336 e. The molecule has 2 N–H and O–H groups in total. The Morgan fingerprint density at radius 3 is 2.16 bits per heavy atom. The number of esters is 3. The van der Waals surface area contributed by atoms with Crippen molar-refractivity contribution in [3.8, 4) is 0 Å². The molecule has 0 saturated carbocycles. The van der Waals surface area contributed by atoms with Crippen LogP contribution in [0.5, 0.6) is 0 Å². The van der Waals surface area contributed by atoms with Gasteiger partial charge in [0.1, 0.15) is 5.60 Å². The highest BCUT2D eigenvalue weighted by atomic mass is 16.7. The third kappa shape index (κ3) is 3.94. The highest BCUT2D eigenvalue weighted by Crippen LogP contribution is 2.42. The summed E-state index contributed by atoms with van der Waals surface area (Å²) < 4.78 is 15.7. The van der Waals surface area contributed by atoms with Crippen LogP contribution >= 0.6 is 0 Å². The molecule has 1 saturated heterocycles. The molecule has 0 aromatic rings. The molecule has 9 heteroatoms. The van der Waals surface area contributed by atoms with Gasteiger partial charge >= 0.3 is 17.9 Å². The molecule has 1 rings (SSSR count). The molecule has 0 aromatic carbocycles. The van der Waals surface area contributed by atoms with Crippen LogP contribution in [-0.4, -0.2) is 59.6 Å². The molecule has 0 aromatic heterocycles. The number of hydrogen-bond donors (Lipinski definition) is 2. The van der Waals surface area contributed by atoms with Gasteiger partial charge in [0.05, 0.1) is 13.2 Å². The van der Waals surface area contributed by atoms with Gasteiger partial charge in [0, 0.05) is 13.8 Å². The SMILES string of the molecule is CCOC(=O)[C@]1([C@H](CO)OC(C)=O)NOC(CC)(CC)[C@H]1OC(C)=O. The molecule has 1 fully saturated rings. The Kier molecular flexibility index (Phi) is 7.33. The maximum atomic E-state index is 12.8. The fourth-order valence-corrected chi connectivity index (χ4v) is 3.08. The predicted octanol–water partition coefficient (Wildman–Crippen LogP) is 0.238. The third-order valence-electron chi connectivity index (χ3n) is 4.39. The predicted molar refractivity (Wildman–Crippen MR) is 85.1 cm³/mol. The highest BCUT2D eigenvalue weighted by molar-refractivity contribution is 5.85. The van der Waals surface area contributed by atoms with Crippen molar-refractivity contribution < 1.29 is 38.5 Å². The molecule has 9 nitrogen and oxygen atoms in total. The summed E-state index contributed by atoms with van der Waals surface area (Å²) in [7, 11) is 0. The monoisotopic (exact) mass is 361 g/mol. The molecule has 3 atom stereocenters. The first-order valence-corrected chi connectivity index (χ1v) is 8.31. The zero-order chi connectivity index (χ0) is 19.3. The molecule has 0 amide bonds. The van der Waals surface area contributed by atoms with Crippen molar-refractivity contribution in [3.05, 3.63) is 0 Å². The maximum absolute atomic E-state index is 12.8. The van der Waals surface area contributed by atoms with Crippen LogP contribution in [0.15, 0.2) is 0 Å². The molecule has 25 heavy (non-hydrogen) atoms. The Morgan fingerprint density at radius 1 is 1.16 bits per heavy atom. The lowest BCUT2D eigenvalue weighted by atomic mass is 9.76. The number of rotatable bonds is 8. The molecule has 1 heterocycles. The summed E-state index contributed by atoms with van der Waals surface area (Å²) in [6.45, 7) is 6.91. The van der Waals surface area contributed by atoms with Crippen molar-refractivity contribution in [2.24, 2.45) is 0 Å². The number of ether oxygens (including phenoxy) is 3. The molecule has 0 aliphatic carbocycles. The van der Waals surface area contributed by atoms with Gasteiger partial charge in [-0.2, -0.15) is 5.48 Å². The van der Waals surface area contributed by atoms with Gasteiger partial charge < -0.3 is 19.3 Å². The summed E-state index contributed by atoms with van der Waals surface area (Å²) >= 11 is 0. The summed E-state index contributed by atoms with van der Waals surface area (Å²) in [5.74, 6) is -2.20. The first kappa shape index (κ1) is 21.3. The second kappa shape index (κ2) is 8.59. The van der Waals surface area contributed by atoms with Crippen LogP contribution in [0.4, 0.5) is 0 Å². The average Bonchev–Trinajstić information content (AvgIpc) is 2.88. The number of nitrogens with one attached hydrogen (secondary N) is 1. The Balaban J connectivity index is 3.52. The number of aliphatic hydroxyl groups excluding tert-OH is 1. The van der Waals surface area contributed by atoms with E-state index in [1.807, 2.05) is 13.8 Å². The zero-order valence-electron chi connectivity index (χ0n) is 15.3. The smallest absolute Gasteiger partial charge is 0.336 e. The number of carbonyl (C=O) groups excluding carboxylic acids is 3. The van der Waals surface area contributed by atoms with Crippen molar-refractivity contribution in [3.63, 3.8) is 0 Å². The van der Waals surface area contributed by atoms with Gasteiger partial charge in [0.25, 0.3) is 0 Å². The summed E-state index contributed by atoms with van der Waals surface area (Å²) in [5, 5.41) is 9.76. The van der Waals surface area contributed by atoms with Gasteiger partial charge in [-0.25, -0.2) is 4.79 Å². The standard InChI is InChI=1S/C16H27NO8/c1-6-15(7-2)13(24-11(5)20)16(17-25-15,14(21)22-8-3)12(9-18)23-10(4)19/h12-13,17-18H,6-9H2,1-5H3/t12-,13+,16+/m0/s1. The number of aliphatic hydroxyl groups is 1. The van der Waals surface area contributed by atoms with Crippen LogP contribution in [0.2, 0.25) is 0 Å². The summed E-state index contributed by atoms with van der Waals surface area (Å²) in [4.78, 5) is 41.6. The van der Waals surface area contributed by atoms with E-state index in [0.717, 1.165) is 6.92 Å². The molecule has 1 aliphatic rings.